The third-order valence-electron chi connectivity index (χ3n) is 3.79. The predicted octanol–water partition coefficient (Wildman–Crippen LogP) is 2.44. The van der Waals surface area contributed by atoms with Gasteiger partial charge in [0.15, 0.2) is 0 Å². The van der Waals surface area contributed by atoms with Crippen molar-refractivity contribution in [1.82, 2.24) is 20.1 Å². The highest BCUT2D eigenvalue weighted by Crippen LogP contribution is 2.32. The molecule has 2 aromatic rings. The van der Waals surface area contributed by atoms with E-state index in [0.29, 0.717) is 18.9 Å². The molecular formula is C15H19FN4O. The van der Waals surface area contributed by atoms with Crippen molar-refractivity contribution >= 4 is 0 Å². The predicted molar refractivity (Wildman–Crippen MR) is 76.4 cm³/mol. The van der Waals surface area contributed by atoms with Gasteiger partial charge in [-0.05, 0) is 25.8 Å². The molecule has 1 aliphatic rings. The van der Waals surface area contributed by atoms with Gasteiger partial charge in [0.25, 0.3) is 0 Å². The molecule has 0 spiro atoms. The van der Waals surface area contributed by atoms with E-state index in [1.807, 2.05) is 4.57 Å². The number of halogens is 1. The first-order valence-electron chi connectivity index (χ1n) is 7.30. The molecule has 2 heterocycles. The van der Waals surface area contributed by atoms with Crippen LogP contribution < -0.4 is 10.1 Å². The fraction of sp³-hybridized carbons (Fsp3) is 0.467. The maximum Gasteiger partial charge on any atom is 0.146 e. The number of ether oxygens (including phenoxy) is 1. The molecule has 0 saturated carbocycles. The van der Waals surface area contributed by atoms with Crippen molar-refractivity contribution in [2.45, 2.75) is 38.9 Å². The second-order valence-corrected chi connectivity index (χ2v) is 5.14. The quantitative estimate of drug-likeness (QED) is 0.939. The van der Waals surface area contributed by atoms with Crippen molar-refractivity contribution < 1.29 is 9.13 Å². The standard InChI is InChI=1S/C15H19FN4O/c1-2-20-10-18-19-15(20)9-17-13-4-3-7-21-14-8-11(16)5-6-12(13)14/h5-6,8,10,13,17H,2-4,7,9H2,1H3. The number of hydrogen-bond acceptors (Lipinski definition) is 4. The van der Waals surface area contributed by atoms with Gasteiger partial charge in [-0.1, -0.05) is 6.07 Å². The van der Waals surface area contributed by atoms with E-state index in [2.05, 4.69) is 22.4 Å². The van der Waals surface area contributed by atoms with E-state index in [0.717, 1.165) is 30.8 Å². The summed E-state index contributed by atoms with van der Waals surface area (Å²) in [5.41, 5.74) is 1.01. The van der Waals surface area contributed by atoms with Gasteiger partial charge >= 0.3 is 0 Å². The number of fused-ring (bicyclic) bond motifs is 1. The first-order chi connectivity index (χ1) is 10.3. The number of aromatic nitrogens is 3. The van der Waals surface area contributed by atoms with Gasteiger partial charge in [0, 0.05) is 24.2 Å². The monoisotopic (exact) mass is 290 g/mol. The van der Waals surface area contributed by atoms with Crippen LogP contribution >= 0.6 is 0 Å². The van der Waals surface area contributed by atoms with Crippen LogP contribution in [0.5, 0.6) is 5.75 Å². The second kappa shape index (κ2) is 6.22. The smallest absolute Gasteiger partial charge is 0.146 e. The van der Waals surface area contributed by atoms with E-state index in [-0.39, 0.29) is 11.9 Å². The average Bonchev–Trinajstić information content (AvgIpc) is 2.85. The zero-order valence-electron chi connectivity index (χ0n) is 12.1. The van der Waals surface area contributed by atoms with Crippen molar-refractivity contribution in [3.63, 3.8) is 0 Å². The highest BCUT2D eigenvalue weighted by molar-refractivity contribution is 5.37. The largest absolute Gasteiger partial charge is 0.493 e. The number of aryl methyl sites for hydroxylation is 1. The van der Waals surface area contributed by atoms with E-state index in [4.69, 9.17) is 4.74 Å². The van der Waals surface area contributed by atoms with Crippen LogP contribution in [0.4, 0.5) is 4.39 Å². The third-order valence-corrected chi connectivity index (χ3v) is 3.79. The lowest BCUT2D eigenvalue weighted by molar-refractivity contribution is 0.313. The topological polar surface area (TPSA) is 52.0 Å². The summed E-state index contributed by atoms with van der Waals surface area (Å²) in [6.07, 6.45) is 3.63. The van der Waals surface area contributed by atoms with Crippen molar-refractivity contribution in [2.24, 2.45) is 0 Å². The Morgan fingerprint density at radius 1 is 1.48 bits per heavy atom. The summed E-state index contributed by atoms with van der Waals surface area (Å²) in [6.45, 7) is 4.17. The van der Waals surface area contributed by atoms with Gasteiger partial charge in [0.2, 0.25) is 0 Å². The number of rotatable bonds is 4. The summed E-state index contributed by atoms with van der Waals surface area (Å²) >= 11 is 0. The van der Waals surface area contributed by atoms with Crippen molar-refractivity contribution in [1.29, 1.82) is 0 Å². The van der Waals surface area contributed by atoms with E-state index in [1.165, 1.54) is 12.1 Å². The molecule has 1 aromatic carbocycles. The molecule has 112 valence electrons. The molecule has 1 aliphatic heterocycles. The molecule has 0 saturated heterocycles. The molecule has 0 radical (unpaired) electrons. The van der Waals surface area contributed by atoms with Gasteiger partial charge in [-0.15, -0.1) is 10.2 Å². The molecule has 1 N–H and O–H groups in total. The first-order valence-corrected chi connectivity index (χ1v) is 7.30. The lowest BCUT2D eigenvalue weighted by Gasteiger charge is -2.18. The molecule has 6 heteroatoms. The SMILES string of the molecule is CCn1cnnc1CNC1CCCOc2cc(F)ccc21. The molecule has 1 aromatic heterocycles. The normalized spacial score (nSPS) is 17.9. The highest BCUT2D eigenvalue weighted by Gasteiger charge is 2.20. The molecule has 0 aliphatic carbocycles. The zero-order valence-corrected chi connectivity index (χ0v) is 12.1. The molecule has 1 atom stereocenters. The lowest BCUT2D eigenvalue weighted by atomic mass is 10.0. The molecule has 21 heavy (non-hydrogen) atoms. The maximum absolute atomic E-state index is 13.3. The van der Waals surface area contributed by atoms with Crippen LogP contribution in [-0.4, -0.2) is 21.4 Å². The molecule has 1 unspecified atom stereocenters. The summed E-state index contributed by atoms with van der Waals surface area (Å²) in [7, 11) is 0. The minimum Gasteiger partial charge on any atom is -0.493 e. The van der Waals surface area contributed by atoms with Crippen LogP contribution in [0.15, 0.2) is 24.5 Å². The van der Waals surface area contributed by atoms with Crippen LogP contribution in [0.25, 0.3) is 0 Å². The number of nitrogens with one attached hydrogen (secondary N) is 1. The molecule has 0 amide bonds. The Balaban J connectivity index is 1.76. The van der Waals surface area contributed by atoms with Gasteiger partial charge in [-0.3, -0.25) is 0 Å². The van der Waals surface area contributed by atoms with Crippen LogP contribution in [0.2, 0.25) is 0 Å². The van der Waals surface area contributed by atoms with E-state index >= 15 is 0 Å². The fourth-order valence-corrected chi connectivity index (χ4v) is 2.65. The van der Waals surface area contributed by atoms with Crippen LogP contribution in [0.1, 0.15) is 37.2 Å². The van der Waals surface area contributed by atoms with Gasteiger partial charge in [-0.2, -0.15) is 0 Å². The van der Waals surface area contributed by atoms with Gasteiger partial charge in [-0.25, -0.2) is 4.39 Å². The number of hydrogen-bond donors (Lipinski definition) is 1. The van der Waals surface area contributed by atoms with E-state index < -0.39 is 0 Å². The molecular weight excluding hydrogens is 271 g/mol. The lowest BCUT2D eigenvalue weighted by Crippen LogP contribution is -2.22. The fourth-order valence-electron chi connectivity index (χ4n) is 2.65. The maximum atomic E-state index is 13.3. The van der Waals surface area contributed by atoms with Gasteiger partial charge in [0.1, 0.15) is 23.7 Å². The Morgan fingerprint density at radius 3 is 3.24 bits per heavy atom. The Bertz CT molecular complexity index is 613. The van der Waals surface area contributed by atoms with E-state index in [9.17, 15) is 4.39 Å². The van der Waals surface area contributed by atoms with Crippen molar-refractivity contribution in [3.8, 4) is 5.75 Å². The molecule has 3 rings (SSSR count). The van der Waals surface area contributed by atoms with Crippen LogP contribution in [0, 0.1) is 5.82 Å². The van der Waals surface area contributed by atoms with Crippen molar-refractivity contribution in [3.05, 3.63) is 41.7 Å². The van der Waals surface area contributed by atoms with Crippen molar-refractivity contribution in [2.75, 3.05) is 6.61 Å². The summed E-state index contributed by atoms with van der Waals surface area (Å²) in [5, 5.41) is 11.5. The summed E-state index contributed by atoms with van der Waals surface area (Å²) in [6, 6.07) is 4.89. The van der Waals surface area contributed by atoms with Gasteiger partial charge < -0.3 is 14.6 Å². The first kappa shape index (κ1) is 14.0. The highest BCUT2D eigenvalue weighted by atomic mass is 19.1. The number of nitrogens with zero attached hydrogens (tertiary/aromatic N) is 3. The van der Waals surface area contributed by atoms with E-state index in [1.54, 1.807) is 12.4 Å². The minimum atomic E-state index is -0.264. The molecule has 5 nitrogen and oxygen atoms in total. The third kappa shape index (κ3) is 3.05. The zero-order chi connectivity index (χ0) is 14.7. The summed E-state index contributed by atoms with van der Waals surface area (Å²) in [4.78, 5) is 0. The number of benzene rings is 1. The Kier molecular flexibility index (Phi) is 4.15. The van der Waals surface area contributed by atoms with Gasteiger partial charge in [0.05, 0.1) is 13.2 Å². The Labute approximate surface area is 123 Å². The summed E-state index contributed by atoms with van der Waals surface area (Å²) in [5.74, 6) is 1.29. The molecule has 0 bridgehead atoms. The molecule has 0 fully saturated rings. The minimum absolute atomic E-state index is 0.144. The Hall–Kier alpha value is -1.95. The van der Waals surface area contributed by atoms with Crippen LogP contribution in [-0.2, 0) is 13.1 Å². The Morgan fingerprint density at radius 2 is 2.38 bits per heavy atom. The van der Waals surface area contributed by atoms with Crippen LogP contribution in [0.3, 0.4) is 0 Å². The average molecular weight is 290 g/mol. The second-order valence-electron chi connectivity index (χ2n) is 5.14. The summed E-state index contributed by atoms with van der Waals surface area (Å²) < 4.78 is 21.0.